The average Bonchev–Trinajstić information content (AvgIpc) is 2.47. The Hall–Kier alpha value is -1.92. The standard InChI is InChI=1S/C17H17NOS/c1-14-4-2-3-5-17(14)20-13-12-19-16-8-6-15(7-9-16)10-11-18/h2-9H,10,12-13H2,1H3. The van der Waals surface area contributed by atoms with E-state index in [9.17, 15) is 0 Å². The predicted molar refractivity (Wildman–Crippen MR) is 83.2 cm³/mol. The van der Waals surface area contributed by atoms with Crippen LogP contribution < -0.4 is 4.74 Å². The molecule has 0 atom stereocenters. The molecule has 0 aliphatic heterocycles. The number of aryl methyl sites for hydroxylation is 1. The normalized spacial score (nSPS) is 10.0. The Morgan fingerprint density at radius 3 is 2.55 bits per heavy atom. The summed E-state index contributed by atoms with van der Waals surface area (Å²) < 4.78 is 5.70. The Morgan fingerprint density at radius 1 is 1.10 bits per heavy atom. The van der Waals surface area contributed by atoms with Gasteiger partial charge in [0, 0.05) is 10.6 Å². The first kappa shape index (κ1) is 14.5. The van der Waals surface area contributed by atoms with E-state index >= 15 is 0 Å². The lowest BCUT2D eigenvalue weighted by molar-refractivity contribution is 0.344. The van der Waals surface area contributed by atoms with Crippen LogP contribution in [0.3, 0.4) is 0 Å². The van der Waals surface area contributed by atoms with Crippen LogP contribution in [0.5, 0.6) is 5.75 Å². The zero-order valence-electron chi connectivity index (χ0n) is 11.5. The molecule has 0 saturated carbocycles. The van der Waals surface area contributed by atoms with Gasteiger partial charge in [0.25, 0.3) is 0 Å². The number of thioether (sulfide) groups is 1. The zero-order valence-corrected chi connectivity index (χ0v) is 12.3. The van der Waals surface area contributed by atoms with Gasteiger partial charge in [-0.15, -0.1) is 11.8 Å². The van der Waals surface area contributed by atoms with E-state index in [1.807, 2.05) is 36.0 Å². The minimum Gasteiger partial charge on any atom is -0.493 e. The van der Waals surface area contributed by atoms with Crippen molar-refractivity contribution in [3.05, 3.63) is 59.7 Å². The number of rotatable bonds is 6. The van der Waals surface area contributed by atoms with Crippen molar-refractivity contribution >= 4 is 11.8 Å². The van der Waals surface area contributed by atoms with Gasteiger partial charge in [-0.25, -0.2) is 0 Å². The zero-order chi connectivity index (χ0) is 14.2. The Labute approximate surface area is 124 Å². The molecule has 0 aliphatic carbocycles. The summed E-state index contributed by atoms with van der Waals surface area (Å²) in [5, 5.41) is 8.61. The molecule has 0 bridgehead atoms. The summed E-state index contributed by atoms with van der Waals surface area (Å²) in [4.78, 5) is 1.31. The third-order valence-electron chi connectivity index (χ3n) is 2.91. The van der Waals surface area contributed by atoms with Gasteiger partial charge in [-0.2, -0.15) is 5.26 Å². The van der Waals surface area contributed by atoms with Crippen LogP contribution in [-0.2, 0) is 6.42 Å². The van der Waals surface area contributed by atoms with Crippen LogP contribution in [0.1, 0.15) is 11.1 Å². The van der Waals surface area contributed by atoms with Gasteiger partial charge in [0.2, 0.25) is 0 Å². The molecule has 2 aromatic rings. The molecular formula is C17H17NOS. The van der Waals surface area contributed by atoms with Crippen LogP contribution in [0.15, 0.2) is 53.4 Å². The average molecular weight is 283 g/mol. The molecule has 20 heavy (non-hydrogen) atoms. The summed E-state index contributed by atoms with van der Waals surface area (Å²) in [5.41, 5.74) is 2.33. The summed E-state index contributed by atoms with van der Waals surface area (Å²) in [6.07, 6.45) is 0.448. The molecule has 0 fully saturated rings. The van der Waals surface area contributed by atoms with Crippen LogP contribution >= 0.6 is 11.8 Å². The Balaban J connectivity index is 1.76. The molecule has 0 aliphatic rings. The fraction of sp³-hybridized carbons (Fsp3) is 0.235. The highest BCUT2D eigenvalue weighted by molar-refractivity contribution is 7.99. The smallest absolute Gasteiger partial charge is 0.119 e. The Bertz CT molecular complexity index is 587. The monoisotopic (exact) mass is 283 g/mol. The molecule has 0 saturated heterocycles. The van der Waals surface area contributed by atoms with E-state index in [2.05, 4.69) is 37.3 Å². The van der Waals surface area contributed by atoms with Crippen molar-refractivity contribution in [2.75, 3.05) is 12.4 Å². The van der Waals surface area contributed by atoms with E-state index in [0.29, 0.717) is 13.0 Å². The molecule has 2 rings (SSSR count). The van der Waals surface area contributed by atoms with E-state index in [-0.39, 0.29) is 0 Å². The van der Waals surface area contributed by atoms with Crippen molar-refractivity contribution < 1.29 is 4.74 Å². The van der Waals surface area contributed by atoms with E-state index in [1.165, 1.54) is 10.5 Å². The Kier molecular flexibility index (Phi) is 5.52. The van der Waals surface area contributed by atoms with Crippen LogP contribution in [0.25, 0.3) is 0 Å². The second-order valence-corrected chi connectivity index (χ2v) is 5.58. The minimum atomic E-state index is 0.448. The molecule has 0 unspecified atom stereocenters. The molecule has 0 spiro atoms. The molecule has 0 radical (unpaired) electrons. The quantitative estimate of drug-likeness (QED) is 0.587. The van der Waals surface area contributed by atoms with Crippen LogP contribution in [0.2, 0.25) is 0 Å². The van der Waals surface area contributed by atoms with Crippen LogP contribution in [0.4, 0.5) is 0 Å². The molecular weight excluding hydrogens is 266 g/mol. The molecule has 2 aromatic carbocycles. The van der Waals surface area contributed by atoms with E-state index in [1.54, 1.807) is 0 Å². The van der Waals surface area contributed by atoms with Gasteiger partial charge in [-0.05, 0) is 36.2 Å². The highest BCUT2D eigenvalue weighted by atomic mass is 32.2. The van der Waals surface area contributed by atoms with E-state index in [0.717, 1.165) is 17.1 Å². The summed E-state index contributed by atoms with van der Waals surface area (Å²) in [7, 11) is 0. The van der Waals surface area contributed by atoms with Gasteiger partial charge >= 0.3 is 0 Å². The van der Waals surface area contributed by atoms with Gasteiger partial charge in [0.05, 0.1) is 19.1 Å². The van der Waals surface area contributed by atoms with Crippen molar-refractivity contribution in [1.29, 1.82) is 5.26 Å². The van der Waals surface area contributed by atoms with Crippen molar-refractivity contribution in [1.82, 2.24) is 0 Å². The molecule has 0 N–H and O–H groups in total. The Morgan fingerprint density at radius 2 is 1.85 bits per heavy atom. The number of hydrogen-bond donors (Lipinski definition) is 0. The molecule has 0 aromatic heterocycles. The van der Waals surface area contributed by atoms with E-state index < -0.39 is 0 Å². The van der Waals surface area contributed by atoms with Gasteiger partial charge in [0.15, 0.2) is 0 Å². The van der Waals surface area contributed by atoms with Crippen molar-refractivity contribution in [3.8, 4) is 11.8 Å². The van der Waals surface area contributed by atoms with Gasteiger partial charge < -0.3 is 4.74 Å². The molecule has 3 heteroatoms. The third kappa shape index (κ3) is 4.32. The fourth-order valence-corrected chi connectivity index (χ4v) is 2.68. The first-order valence-corrected chi connectivity index (χ1v) is 7.55. The highest BCUT2D eigenvalue weighted by Gasteiger charge is 1.99. The van der Waals surface area contributed by atoms with Gasteiger partial charge in [0.1, 0.15) is 5.75 Å². The molecule has 0 amide bonds. The number of hydrogen-bond acceptors (Lipinski definition) is 3. The summed E-state index contributed by atoms with van der Waals surface area (Å²) in [5.74, 6) is 1.78. The predicted octanol–water partition coefficient (Wildman–Crippen LogP) is 4.23. The first-order valence-electron chi connectivity index (χ1n) is 6.57. The van der Waals surface area contributed by atoms with Crippen LogP contribution in [-0.4, -0.2) is 12.4 Å². The second kappa shape index (κ2) is 7.62. The first-order chi connectivity index (χ1) is 9.79. The van der Waals surface area contributed by atoms with Gasteiger partial charge in [-0.3, -0.25) is 0 Å². The summed E-state index contributed by atoms with van der Waals surface area (Å²) in [6.45, 7) is 2.80. The lowest BCUT2D eigenvalue weighted by atomic mass is 10.2. The lowest BCUT2D eigenvalue weighted by Gasteiger charge is -2.08. The second-order valence-electron chi connectivity index (χ2n) is 4.44. The van der Waals surface area contributed by atoms with Crippen molar-refractivity contribution in [3.63, 3.8) is 0 Å². The van der Waals surface area contributed by atoms with Crippen molar-refractivity contribution in [2.24, 2.45) is 0 Å². The maximum absolute atomic E-state index is 8.61. The lowest BCUT2D eigenvalue weighted by Crippen LogP contribution is -2.00. The molecule has 102 valence electrons. The number of nitriles is 1. The SMILES string of the molecule is Cc1ccccc1SCCOc1ccc(CC#N)cc1. The number of ether oxygens (including phenoxy) is 1. The minimum absolute atomic E-state index is 0.448. The van der Waals surface area contributed by atoms with Crippen molar-refractivity contribution in [2.45, 2.75) is 18.2 Å². The van der Waals surface area contributed by atoms with E-state index in [4.69, 9.17) is 10.00 Å². The largest absolute Gasteiger partial charge is 0.493 e. The summed E-state index contributed by atoms with van der Waals surface area (Å²) in [6, 6.07) is 18.2. The topological polar surface area (TPSA) is 33.0 Å². The third-order valence-corrected chi connectivity index (χ3v) is 4.05. The molecule has 0 heterocycles. The summed E-state index contributed by atoms with van der Waals surface area (Å²) >= 11 is 1.81. The fourth-order valence-electron chi connectivity index (χ4n) is 1.82. The maximum atomic E-state index is 8.61. The number of benzene rings is 2. The molecule has 2 nitrogen and oxygen atoms in total. The van der Waals surface area contributed by atoms with Gasteiger partial charge in [-0.1, -0.05) is 30.3 Å². The highest BCUT2D eigenvalue weighted by Crippen LogP contribution is 2.21. The maximum Gasteiger partial charge on any atom is 0.119 e. The number of nitrogens with zero attached hydrogens (tertiary/aromatic N) is 1. The van der Waals surface area contributed by atoms with Crippen LogP contribution in [0, 0.1) is 18.3 Å².